The number of ether oxygens (including phenoxy) is 1. The number of aromatic hydroxyl groups is 1. The molecule has 1 aliphatic heterocycles. The molecule has 1 heterocycles. The van der Waals surface area contributed by atoms with Gasteiger partial charge in [0.1, 0.15) is 23.4 Å². The molecule has 124 valence electrons. The molecule has 5 heteroatoms. The molecule has 4 nitrogen and oxygen atoms in total. The Bertz CT molecular complexity index is 935. The summed E-state index contributed by atoms with van der Waals surface area (Å²) in [5.41, 5.74) is 1.68. The predicted octanol–water partition coefficient (Wildman–Crippen LogP) is 4.39. The number of carbonyl (C=O) groups excluding carboxylic acids is 1. The number of halogens is 1. The van der Waals surface area contributed by atoms with Crippen molar-refractivity contribution in [1.82, 2.24) is 0 Å². The first-order chi connectivity index (χ1) is 12.1. The number of hydrogen-bond acceptors (Lipinski definition) is 4. The molecule has 3 aromatic rings. The number of carbonyl (C=O) groups is 1. The first-order valence-electron chi connectivity index (χ1n) is 7.66. The number of benzene rings is 3. The van der Waals surface area contributed by atoms with Gasteiger partial charge in [0, 0.05) is 16.7 Å². The maximum absolute atomic E-state index is 12.5. The van der Waals surface area contributed by atoms with Crippen LogP contribution in [0.15, 0.2) is 72.8 Å². The maximum Gasteiger partial charge on any atom is 0.340 e. The summed E-state index contributed by atoms with van der Waals surface area (Å²) in [6.45, 7) is 0. The van der Waals surface area contributed by atoms with Crippen LogP contribution in [0.2, 0.25) is 0 Å². The van der Waals surface area contributed by atoms with E-state index in [4.69, 9.17) is 20.9 Å². The molecule has 1 N–H and O–H groups in total. The number of esters is 1. The highest BCUT2D eigenvalue weighted by Crippen LogP contribution is 2.47. The third-order valence-electron chi connectivity index (χ3n) is 4.40. The zero-order valence-electron chi connectivity index (χ0n) is 13.0. The van der Waals surface area contributed by atoms with Crippen molar-refractivity contribution in [3.05, 3.63) is 95.1 Å². The predicted molar refractivity (Wildman–Crippen MR) is 92.8 cm³/mol. The monoisotopic (exact) mass is 352 g/mol. The van der Waals surface area contributed by atoms with Crippen LogP contribution in [0.25, 0.3) is 0 Å². The summed E-state index contributed by atoms with van der Waals surface area (Å²) in [6, 6.07) is 21.0. The summed E-state index contributed by atoms with van der Waals surface area (Å²) in [7, 11) is 0. The standard InChI is InChI=1S/C20H13ClO4/c21-25-16-11-7-14(8-12-16)20(13-5-9-15(22)10-6-13)18-4-2-1-3-17(18)19(23)24-20/h1-12,22H. The van der Waals surface area contributed by atoms with Gasteiger partial charge in [-0.05, 0) is 30.3 Å². The van der Waals surface area contributed by atoms with Gasteiger partial charge in [0.15, 0.2) is 5.60 Å². The molecule has 3 aromatic carbocycles. The van der Waals surface area contributed by atoms with E-state index >= 15 is 0 Å². The summed E-state index contributed by atoms with van der Waals surface area (Å²) in [4.78, 5) is 12.5. The molecular weight excluding hydrogens is 340 g/mol. The Hall–Kier alpha value is -2.98. The van der Waals surface area contributed by atoms with E-state index in [2.05, 4.69) is 0 Å². The van der Waals surface area contributed by atoms with E-state index in [-0.39, 0.29) is 11.7 Å². The topological polar surface area (TPSA) is 55.8 Å². The second kappa shape index (κ2) is 5.83. The number of fused-ring (bicyclic) bond motifs is 1. The van der Waals surface area contributed by atoms with E-state index in [9.17, 15) is 9.90 Å². The highest BCUT2D eigenvalue weighted by Gasteiger charge is 2.48. The minimum Gasteiger partial charge on any atom is -0.508 e. The molecule has 1 aliphatic rings. The van der Waals surface area contributed by atoms with Gasteiger partial charge in [-0.25, -0.2) is 4.79 Å². The highest BCUT2D eigenvalue weighted by molar-refractivity contribution is 6.09. The Kier molecular flexibility index (Phi) is 3.62. The second-order valence-corrected chi connectivity index (χ2v) is 5.92. The van der Waals surface area contributed by atoms with Crippen molar-refractivity contribution >= 4 is 17.8 Å². The van der Waals surface area contributed by atoms with Crippen molar-refractivity contribution in [2.24, 2.45) is 0 Å². The lowest BCUT2D eigenvalue weighted by molar-refractivity contribution is 0.0251. The number of phenols is 1. The van der Waals surface area contributed by atoms with Crippen LogP contribution in [-0.4, -0.2) is 11.1 Å². The normalized spacial score (nSPS) is 18.5. The lowest BCUT2D eigenvalue weighted by Crippen LogP contribution is -2.29. The zero-order valence-corrected chi connectivity index (χ0v) is 13.7. The van der Waals surface area contributed by atoms with Crippen LogP contribution in [0.4, 0.5) is 0 Å². The van der Waals surface area contributed by atoms with Gasteiger partial charge in [-0.3, -0.25) is 0 Å². The minimum absolute atomic E-state index is 0.141. The van der Waals surface area contributed by atoms with E-state index in [0.29, 0.717) is 11.3 Å². The molecule has 1 unspecified atom stereocenters. The summed E-state index contributed by atoms with van der Waals surface area (Å²) >= 11 is 5.40. The fourth-order valence-electron chi connectivity index (χ4n) is 3.25. The van der Waals surface area contributed by atoms with Gasteiger partial charge in [-0.2, -0.15) is 0 Å². The van der Waals surface area contributed by atoms with Gasteiger partial charge in [0.05, 0.1) is 5.56 Å². The molecule has 0 saturated heterocycles. The van der Waals surface area contributed by atoms with E-state index in [1.807, 2.05) is 12.1 Å². The van der Waals surface area contributed by atoms with E-state index in [1.165, 1.54) is 0 Å². The molecule has 25 heavy (non-hydrogen) atoms. The van der Waals surface area contributed by atoms with E-state index in [0.717, 1.165) is 16.7 Å². The Morgan fingerprint density at radius 1 is 0.880 bits per heavy atom. The third kappa shape index (κ3) is 2.34. The molecule has 0 aromatic heterocycles. The minimum atomic E-state index is -1.09. The van der Waals surface area contributed by atoms with Crippen LogP contribution in [-0.2, 0) is 10.3 Å². The van der Waals surface area contributed by atoms with Crippen LogP contribution in [0.3, 0.4) is 0 Å². The summed E-state index contributed by atoms with van der Waals surface area (Å²) in [6.07, 6.45) is 0. The van der Waals surface area contributed by atoms with Gasteiger partial charge in [-0.1, -0.05) is 42.5 Å². The molecule has 0 saturated carbocycles. The van der Waals surface area contributed by atoms with Gasteiger partial charge in [0.25, 0.3) is 0 Å². The van der Waals surface area contributed by atoms with Gasteiger partial charge in [-0.15, -0.1) is 0 Å². The Labute approximate surface area is 149 Å². The van der Waals surface area contributed by atoms with Crippen molar-refractivity contribution in [1.29, 1.82) is 0 Å². The van der Waals surface area contributed by atoms with Crippen LogP contribution < -0.4 is 4.29 Å². The van der Waals surface area contributed by atoms with Crippen LogP contribution >= 0.6 is 11.9 Å². The van der Waals surface area contributed by atoms with Crippen molar-refractivity contribution in [3.8, 4) is 11.5 Å². The molecular formula is C20H13ClO4. The lowest BCUT2D eigenvalue weighted by Gasteiger charge is -2.30. The summed E-state index contributed by atoms with van der Waals surface area (Å²) in [5, 5.41) is 9.63. The van der Waals surface area contributed by atoms with Crippen molar-refractivity contribution < 1.29 is 18.9 Å². The number of cyclic esters (lactones) is 1. The number of hydrogen-bond donors (Lipinski definition) is 1. The average Bonchev–Trinajstić information content (AvgIpc) is 2.96. The van der Waals surface area contributed by atoms with Crippen molar-refractivity contribution in [2.45, 2.75) is 5.60 Å². The molecule has 0 spiro atoms. The summed E-state index contributed by atoms with van der Waals surface area (Å²) < 4.78 is 10.6. The third-order valence-corrected chi connectivity index (χ3v) is 4.57. The van der Waals surface area contributed by atoms with Crippen molar-refractivity contribution in [2.75, 3.05) is 0 Å². The van der Waals surface area contributed by atoms with Gasteiger partial charge >= 0.3 is 5.97 Å². The molecule has 0 amide bonds. The lowest BCUT2D eigenvalue weighted by atomic mass is 9.80. The molecule has 0 fully saturated rings. The van der Waals surface area contributed by atoms with E-state index < -0.39 is 5.60 Å². The molecule has 0 radical (unpaired) electrons. The van der Waals surface area contributed by atoms with Gasteiger partial charge in [0.2, 0.25) is 0 Å². The fourth-order valence-corrected chi connectivity index (χ4v) is 3.35. The maximum atomic E-state index is 12.5. The Morgan fingerprint density at radius 3 is 2.12 bits per heavy atom. The first kappa shape index (κ1) is 15.5. The van der Waals surface area contributed by atoms with Crippen LogP contribution in [0, 0.1) is 0 Å². The second-order valence-electron chi connectivity index (χ2n) is 5.76. The SMILES string of the molecule is O=C1OC(c2ccc(O)cc2)(c2ccc(OCl)cc2)c2ccccc21. The van der Waals surface area contributed by atoms with Gasteiger partial charge < -0.3 is 14.1 Å². The Morgan fingerprint density at radius 2 is 1.48 bits per heavy atom. The molecule has 4 rings (SSSR count). The van der Waals surface area contributed by atoms with Crippen molar-refractivity contribution in [3.63, 3.8) is 0 Å². The average molecular weight is 353 g/mol. The molecule has 1 atom stereocenters. The number of phenolic OH excluding ortho intramolecular Hbond substituents is 1. The highest BCUT2D eigenvalue weighted by atomic mass is 35.5. The molecule has 0 aliphatic carbocycles. The zero-order chi connectivity index (χ0) is 17.4. The molecule has 0 bridgehead atoms. The number of rotatable bonds is 3. The van der Waals surface area contributed by atoms with E-state index in [1.54, 1.807) is 60.7 Å². The summed E-state index contributed by atoms with van der Waals surface area (Å²) in [5.74, 6) is 0.243. The quantitative estimate of drug-likeness (QED) is 0.710. The first-order valence-corrected chi connectivity index (χ1v) is 7.97. The fraction of sp³-hybridized carbons (Fsp3) is 0.0500. The smallest absolute Gasteiger partial charge is 0.340 e. The largest absolute Gasteiger partial charge is 0.508 e. The van der Waals surface area contributed by atoms with Crippen LogP contribution in [0.1, 0.15) is 27.0 Å². The Balaban J connectivity index is 1.99. The van der Waals surface area contributed by atoms with Crippen LogP contribution in [0.5, 0.6) is 11.5 Å².